The van der Waals surface area contributed by atoms with Gasteiger partial charge in [-0.1, -0.05) is 37.1 Å². The number of hydrogen-bond donors (Lipinski definition) is 1. The van der Waals surface area contributed by atoms with E-state index in [1.807, 2.05) is 18.2 Å². The maximum atomic E-state index is 6.08. The van der Waals surface area contributed by atoms with Crippen molar-refractivity contribution >= 4 is 11.6 Å². The molecule has 0 bridgehead atoms. The second kappa shape index (κ2) is 5.60. The Balaban J connectivity index is 2.13. The van der Waals surface area contributed by atoms with Gasteiger partial charge in [-0.15, -0.1) is 0 Å². The van der Waals surface area contributed by atoms with E-state index in [1.54, 1.807) is 0 Å². The van der Waals surface area contributed by atoms with E-state index in [-0.39, 0.29) is 5.54 Å². The van der Waals surface area contributed by atoms with Gasteiger partial charge in [0.15, 0.2) is 0 Å². The molecule has 0 heterocycles. The predicted molar refractivity (Wildman–Crippen MR) is 77.7 cm³/mol. The van der Waals surface area contributed by atoms with E-state index in [4.69, 9.17) is 17.3 Å². The Labute approximate surface area is 115 Å². The Bertz CT molecular complexity index is 407. The van der Waals surface area contributed by atoms with Crippen LogP contribution in [0.15, 0.2) is 24.3 Å². The molecular weight excluding hydrogens is 244 g/mol. The molecule has 0 saturated heterocycles. The van der Waals surface area contributed by atoms with Gasteiger partial charge in [-0.3, -0.25) is 4.90 Å². The fourth-order valence-electron chi connectivity index (χ4n) is 3.32. The highest BCUT2D eigenvalue weighted by Crippen LogP contribution is 2.39. The highest BCUT2D eigenvalue weighted by atomic mass is 35.5. The third kappa shape index (κ3) is 2.56. The van der Waals surface area contributed by atoms with Crippen molar-refractivity contribution in [2.75, 3.05) is 13.6 Å². The Morgan fingerprint density at radius 1 is 1.50 bits per heavy atom. The van der Waals surface area contributed by atoms with E-state index >= 15 is 0 Å². The van der Waals surface area contributed by atoms with Crippen LogP contribution in [-0.2, 0) is 6.54 Å². The molecule has 1 aliphatic rings. The molecule has 2 unspecified atom stereocenters. The fourth-order valence-corrected chi connectivity index (χ4v) is 3.54. The molecule has 1 fully saturated rings. The van der Waals surface area contributed by atoms with Gasteiger partial charge in [0.05, 0.1) is 0 Å². The Hall–Kier alpha value is -0.570. The van der Waals surface area contributed by atoms with Gasteiger partial charge in [-0.2, -0.15) is 0 Å². The number of halogens is 1. The fraction of sp³-hybridized carbons (Fsp3) is 0.600. The third-order valence-corrected chi connectivity index (χ3v) is 4.82. The SMILES string of the molecule is CC1CCCC1(CN)N(C)Cc1cccc(Cl)c1. The van der Waals surface area contributed by atoms with Crippen molar-refractivity contribution in [2.45, 2.75) is 38.3 Å². The van der Waals surface area contributed by atoms with Crippen LogP contribution in [0.1, 0.15) is 31.7 Å². The number of nitrogens with zero attached hydrogens (tertiary/aromatic N) is 1. The van der Waals surface area contributed by atoms with Crippen LogP contribution in [0, 0.1) is 5.92 Å². The maximum Gasteiger partial charge on any atom is 0.0409 e. The smallest absolute Gasteiger partial charge is 0.0409 e. The molecule has 1 aromatic rings. The second-order valence-corrected chi connectivity index (χ2v) is 6.02. The minimum absolute atomic E-state index is 0.169. The highest BCUT2D eigenvalue weighted by molar-refractivity contribution is 6.30. The molecule has 0 aliphatic heterocycles. The zero-order valence-electron chi connectivity index (χ0n) is 11.3. The number of likely N-dealkylation sites (N-methyl/N-ethyl adjacent to an activating group) is 1. The summed E-state index contributed by atoms with van der Waals surface area (Å²) in [4.78, 5) is 2.43. The van der Waals surface area contributed by atoms with Crippen molar-refractivity contribution in [1.82, 2.24) is 4.90 Å². The van der Waals surface area contributed by atoms with Crippen LogP contribution in [0.5, 0.6) is 0 Å². The number of nitrogens with two attached hydrogens (primary N) is 1. The van der Waals surface area contributed by atoms with Gasteiger partial charge >= 0.3 is 0 Å². The monoisotopic (exact) mass is 266 g/mol. The maximum absolute atomic E-state index is 6.08. The zero-order valence-corrected chi connectivity index (χ0v) is 12.1. The van der Waals surface area contributed by atoms with E-state index in [1.165, 1.54) is 24.8 Å². The molecule has 0 amide bonds. The van der Waals surface area contributed by atoms with E-state index in [2.05, 4.69) is 24.9 Å². The van der Waals surface area contributed by atoms with Crippen molar-refractivity contribution in [2.24, 2.45) is 11.7 Å². The summed E-state index contributed by atoms with van der Waals surface area (Å²) in [5.41, 5.74) is 7.51. The van der Waals surface area contributed by atoms with Gasteiger partial charge in [0.2, 0.25) is 0 Å². The van der Waals surface area contributed by atoms with Crippen LogP contribution < -0.4 is 5.73 Å². The van der Waals surface area contributed by atoms with Gasteiger partial charge in [0.25, 0.3) is 0 Å². The number of hydrogen-bond acceptors (Lipinski definition) is 2. The normalized spacial score (nSPS) is 27.9. The van der Waals surface area contributed by atoms with Crippen LogP contribution in [0.3, 0.4) is 0 Å². The van der Waals surface area contributed by atoms with Crippen molar-refractivity contribution in [3.63, 3.8) is 0 Å². The molecule has 0 radical (unpaired) electrons. The average Bonchev–Trinajstić information content (AvgIpc) is 2.71. The molecule has 100 valence electrons. The largest absolute Gasteiger partial charge is 0.329 e. The zero-order chi connectivity index (χ0) is 13.2. The molecule has 0 spiro atoms. The van der Waals surface area contributed by atoms with E-state index < -0.39 is 0 Å². The summed E-state index contributed by atoms with van der Waals surface area (Å²) in [6.45, 7) is 3.99. The van der Waals surface area contributed by atoms with E-state index in [9.17, 15) is 0 Å². The van der Waals surface area contributed by atoms with Crippen LogP contribution in [0.4, 0.5) is 0 Å². The summed E-state index contributed by atoms with van der Waals surface area (Å²) in [5.74, 6) is 0.673. The number of rotatable bonds is 4. The van der Waals surface area contributed by atoms with Gasteiger partial charge in [-0.05, 0) is 43.5 Å². The lowest BCUT2D eigenvalue weighted by Gasteiger charge is -2.42. The lowest BCUT2D eigenvalue weighted by molar-refractivity contribution is 0.0841. The minimum Gasteiger partial charge on any atom is -0.329 e. The first-order valence-corrected chi connectivity index (χ1v) is 7.12. The quantitative estimate of drug-likeness (QED) is 0.906. The van der Waals surface area contributed by atoms with Crippen LogP contribution in [0.25, 0.3) is 0 Å². The highest BCUT2D eigenvalue weighted by Gasteiger charge is 2.42. The molecule has 18 heavy (non-hydrogen) atoms. The molecule has 3 heteroatoms. The molecule has 2 nitrogen and oxygen atoms in total. The first kappa shape index (κ1) is 13.9. The Morgan fingerprint density at radius 2 is 2.28 bits per heavy atom. The summed E-state index contributed by atoms with van der Waals surface area (Å²) in [6, 6.07) is 8.11. The van der Waals surface area contributed by atoms with Crippen molar-refractivity contribution in [1.29, 1.82) is 0 Å². The summed E-state index contributed by atoms with van der Waals surface area (Å²) >= 11 is 6.04. The summed E-state index contributed by atoms with van der Waals surface area (Å²) < 4.78 is 0. The van der Waals surface area contributed by atoms with Crippen LogP contribution >= 0.6 is 11.6 Å². The molecule has 1 aliphatic carbocycles. The van der Waals surface area contributed by atoms with Crippen molar-refractivity contribution in [3.8, 4) is 0 Å². The van der Waals surface area contributed by atoms with Gasteiger partial charge in [-0.25, -0.2) is 0 Å². The average molecular weight is 267 g/mol. The van der Waals surface area contributed by atoms with Crippen molar-refractivity contribution in [3.05, 3.63) is 34.9 Å². The first-order valence-electron chi connectivity index (χ1n) is 6.74. The number of benzene rings is 1. The summed E-state index contributed by atoms with van der Waals surface area (Å²) in [6.07, 6.45) is 3.79. The second-order valence-electron chi connectivity index (χ2n) is 5.59. The Morgan fingerprint density at radius 3 is 2.83 bits per heavy atom. The van der Waals surface area contributed by atoms with Crippen molar-refractivity contribution < 1.29 is 0 Å². The van der Waals surface area contributed by atoms with Gasteiger partial charge in [0.1, 0.15) is 0 Å². The van der Waals surface area contributed by atoms with E-state index in [0.717, 1.165) is 18.1 Å². The molecular formula is C15H23ClN2. The molecule has 2 rings (SSSR count). The molecule has 1 saturated carbocycles. The lowest BCUT2D eigenvalue weighted by atomic mass is 9.86. The first-order chi connectivity index (χ1) is 8.58. The van der Waals surface area contributed by atoms with Crippen LogP contribution in [0.2, 0.25) is 5.02 Å². The minimum atomic E-state index is 0.169. The molecule has 0 aromatic heterocycles. The summed E-state index contributed by atoms with van der Waals surface area (Å²) in [7, 11) is 2.19. The van der Waals surface area contributed by atoms with Crippen LogP contribution in [-0.4, -0.2) is 24.0 Å². The molecule has 1 aromatic carbocycles. The van der Waals surface area contributed by atoms with Gasteiger partial charge < -0.3 is 5.73 Å². The van der Waals surface area contributed by atoms with E-state index in [0.29, 0.717) is 5.92 Å². The topological polar surface area (TPSA) is 29.3 Å². The predicted octanol–water partition coefficient (Wildman–Crippen LogP) is 3.29. The third-order valence-electron chi connectivity index (χ3n) is 4.59. The summed E-state index contributed by atoms with van der Waals surface area (Å²) in [5, 5.41) is 0.808. The Kier molecular flexibility index (Phi) is 4.31. The molecule has 2 N–H and O–H groups in total. The van der Waals surface area contributed by atoms with Gasteiger partial charge in [0, 0.05) is 23.7 Å². The standard InChI is InChI=1S/C15H23ClN2/c1-12-5-4-8-15(12,11-17)18(2)10-13-6-3-7-14(16)9-13/h3,6-7,9,12H,4-5,8,10-11,17H2,1-2H3. The molecule has 2 atom stereocenters. The lowest BCUT2D eigenvalue weighted by Crippen LogP contribution is -2.53.